The van der Waals surface area contributed by atoms with E-state index in [4.69, 9.17) is 9.47 Å². The number of aliphatic hydroxyl groups is 1. The minimum atomic E-state index is -0.872. The zero-order chi connectivity index (χ0) is 14.4. The summed E-state index contributed by atoms with van der Waals surface area (Å²) in [5, 5.41) is 10.3. The summed E-state index contributed by atoms with van der Waals surface area (Å²) in [6.45, 7) is 6.28. The second-order valence-corrected chi connectivity index (χ2v) is 4.74. The van der Waals surface area contributed by atoms with E-state index in [-0.39, 0.29) is 5.92 Å². The highest BCUT2D eigenvalue weighted by Crippen LogP contribution is 2.30. The predicted octanol–water partition coefficient (Wildman–Crippen LogP) is 2.56. The maximum atomic E-state index is 11.7. The zero-order valence-electron chi connectivity index (χ0n) is 11.9. The van der Waals surface area contributed by atoms with Crippen molar-refractivity contribution in [3.63, 3.8) is 0 Å². The topological polar surface area (TPSA) is 55.8 Å². The Labute approximate surface area is 114 Å². The van der Waals surface area contributed by atoms with Crippen LogP contribution in [-0.2, 0) is 9.53 Å². The fourth-order valence-electron chi connectivity index (χ4n) is 2.04. The van der Waals surface area contributed by atoms with Crippen molar-refractivity contribution < 1.29 is 19.4 Å². The molecule has 19 heavy (non-hydrogen) atoms. The Bertz CT molecular complexity index is 397. The zero-order valence-corrected chi connectivity index (χ0v) is 11.9. The summed E-state index contributed by atoms with van der Waals surface area (Å²) in [4.78, 5) is 11.7. The van der Waals surface area contributed by atoms with Crippen molar-refractivity contribution in [1.82, 2.24) is 0 Å². The van der Waals surface area contributed by atoms with E-state index < -0.39 is 18.0 Å². The minimum Gasteiger partial charge on any atom is -0.494 e. The summed E-state index contributed by atoms with van der Waals surface area (Å²) in [5.41, 5.74) is 0.688. The first-order valence-corrected chi connectivity index (χ1v) is 6.49. The fourth-order valence-corrected chi connectivity index (χ4v) is 2.04. The molecule has 1 aromatic carbocycles. The highest BCUT2D eigenvalue weighted by Gasteiger charge is 2.31. The van der Waals surface area contributed by atoms with Crippen LogP contribution in [0.3, 0.4) is 0 Å². The average Bonchev–Trinajstić information content (AvgIpc) is 2.39. The van der Waals surface area contributed by atoms with Crippen molar-refractivity contribution in [3.8, 4) is 5.75 Å². The van der Waals surface area contributed by atoms with Crippen molar-refractivity contribution >= 4 is 5.97 Å². The van der Waals surface area contributed by atoms with Gasteiger partial charge in [0.15, 0.2) is 0 Å². The normalized spacial score (nSPS) is 14.0. The summed E-state index contributed by atoms with van der Waals surface area (Å²) < 4.78 is 10.1. The van der Waals surface area contributed by atoms with Crippen LogP contribution in [0.15, 0.2) is 24.3 Å². The largest absolute Gasteiger partial charge is 0.494 e. The Morgan fingerprint density at radius 3 is 2.26 bits per heavy atom. The third-order valence-electron chi connectivity index (χ3n) is 3.06. The van der Waals surface area contributed by atoms with Crippen molar-refractivity contribution in [2.45, 2.75) is 26.9 Å². The predicted molar refractivity (Wildman–Crippen MR) is 72.9 cm³/mol. The van der Waals surface area contributed by atoms with Crippen molar-refractivity contribution in [2.75, 3.05) is 13.7 Å². The second kappa shape index (κ2) is 7.14. The van der Waals surface area contributed by atoms with Crippen LogP contribution in [-0.4, -0.2) is 24.8 Å². The Hall–Kier alpha value is -1.55. The molecule has 1 N–H and O–H groups in total. The number of benzene rings is 1. The van der Waals surface area contributed by atoms with Gasteiger partial charge in [-0.05, 0) is 30.5 Å². The van der Waals surface area contributed by atoms with Crippen molar-refractivity contribution in [3.05, 3.63) is 29.8 Å². The summed E-state index contributed by atoms with van der Waals surface area (Å²) >= 11 is 0. The lowest BCUT2D eigenvalue weighted by Gasteiger charge is -2.24. The molecule has 2 atom stereocenters. The van der Waals surface area contributed by atoms with Crippen LogP contribution in [0.4, 0.5) is 0 Å². The summed E-state index contributed by atoms with van der Waals surface area (Å²) in [5.74, 6) is -0.217. The molecule has 0 bridgehead atoms. The van der Waals surface area contributed by atoms with Gasteiger partial charge in [0.25, 0.3) is 0 Å². The van der Waals surface area contributed by atoms with E-state index in [2.05, 4.69) is 0 Å². The van der Waals surface area contributed by atoms with Crippen LogP contribution in [0, 0.1) is 11.8 Å². The third kappa shape index (κ3) is 3.96. The van der Waals surface area contributed by atoms with Crippen LogP contribution >= 0.6 is 0 Å². The van der Waals surface area contributed by atoms with Gasteiger partial charge in [0.1, 0.15) is 5.75 Å². The number of methoxy groups -OCH3 is 1. The molecule has 0 saturated carbocycles. The van der Waals surface area contributed by atoms with E-state index in [0.717, 1.165) is 5.75 Å². The van der Waals surface area contributed by atoms with E-state index in [1.54, 1.807) is 24.3 Å². The Morgan fingerprint density at radius 1 is 1.26 bits per heavy atom. The molecule has 2 unspecified atom stereocenters. The first-order valence-electron chi connectivity index (χ1n) is 6.49. The summed E-state index contributed by atoms with van der Waals surface area (Å²) in [7, 11) is 1.34. The van der Waals surface area contributed by atoms with Crippen LogP contribution in [0.25, 0.3) is 0 Å². The third-order valence-corrected chi connectivity index (χ3v) is 3.06. The van der Waals surface area contributed by atoms with Gasteiger partial charge >= 0.3 is 5.97 Å². The molecule has 0 aliphatic carbocycles. The van der Waals surface area contributed by atoms with Crippen molar-refractivity contribution in [2.24, 2.45) is 11.8 Å². The number of rotatable bonds is 6. The molecular weight excluding hydrogens is 244 g/mol. The van der Waals surface area contributed by atoms with Crippen LogP contribution in [0.1, 0.15) is 32.4 Å². The standard InChI is InChI=1S/C15H22O4/c1-5-19-12-8-6-11(7-9-12)14(16)13(10(2)3)15(17)18-4/h6-10,13-14,16H,5H2,1-4H3. The molecule has 0 aliphatic heterocycles. The van der Waals surface area contributed by atoms with E-state index in [1.807, 2.05) is 20.8 Å². The van der Waals surface area contributed by atoms with E-state index in [9.17, 15) is 9.90 Å². The second-order valence-electron chi connectivity index (χ2n) is 4.74. The first kappa shape index (κ1) is 15.5. The molecule has 0 aliphatic rings. The molecule has 1 aromatic rings. The lowest BCUT2D eigenvalue weighted by Crippen LogP contribution is -2.28. The molecule has 0 amide bonds. The lowest BCUT2D eigenvalue weighted by molar-refractivity contribution is -0.152. The minimum absolute atomic E-state index is 0.00554. The molecule has 0 radical (unpaired) electrons. The summed E-state index contributed by atoms with van der Waals surface area (Å²) in [6.07, 6.45) is -0.872. The molecule has 106 valence electrons. The number of carbonyl (C=O) groups is 1. The SMILES string of the molecule is CCOc1ccc(C(O)C(C(=O)OC)C(C)C)cc1. The van der Waals surface area contributed by atoms with Gasteiger partial charge in [-0.3, -0.25) is 4.79 Å². The van der Waals surface area contributed by atoms with Crippen LogP contribution in [0.2, 0.25) is 0 Å². The Balaban J connectivity index is 2.90. The fraction of sp³-hybridized carbons (Fsp3) is 0.533. The smallest absolute Gasteiger partial charge is 0.311 e. The maximum Gasteiger partial charge on any atom is 0.311 e. The van der Waals surface area contributed by atoms with Gasteiger partial charge in [0, 0.05) is 0 Å². The summed E-state index contributed by atoms with van der Waals surface area (Å²) in [6, 6.07) is 7.12. The monoisotopic (exact) mass is 266 g/mol. The Kier molecular flexibility index (Phi) is 5.83. The van der Waals surface area contributed by atoms with Gasteiger partial charge < -0.3 is 14.6 Å². The molecule has 0 heterocycles. The number of aliphatic hydroxyl groups excluding tert-OH is 1. The molecule has 0 aromatic heterocycles. The lowest BCUT2D eigenvalue weighted by atomic mass is 9.86. The molecule has 4 heteroatoms. The number of carbonyl (C=O) groups excluding carboxylic acids is 1. The van der Waals surface area contributed by atoms with E-state index >= 15 is 0 Å². The van der Waals surface area contributed by atoms with Crippen LogP contribution < -0.4 is 4.74 Å². The molecule has 1 rings (SSSR count). The molecule has 0 saturated heterocycles. The molecule has 0 fully saturated rings. The molecule has 4 nitrogen and oxygen atoms in total. The van der Waals surface area contributed by atoms with Gasteiger partial charge in [0.2, 0.25) is 0 Å². The number of esters is 1. The van der Waals surface area contributed by atoms with E-state index in [1.165, 1.54) is 7.11 Å². The van der Waals surface area contributed by atoms with Gasteiger partial charge in [-0.15, -0.1) is 0 Å². The van der Waals surface area contributed by atoms with Crippen LogP contribution in [0.5, 0.6) is 5.75 Å². The van der Waals surface area contributed by atoms with Gasteiger partial charge in [-0.25, -0.2) is 0 Å². The molecule has 0 spiro atoms. The Morgan fingerprint density at radius 2 is 1.84 bits per heavy atom. The average molecular weight is 266 g/mol. The van der Waals surface area contributed by atoms with Gasteiger partial charge in [0.05, 0.1) is 25.7 Å². The number of hydrogen-bond donors (Lipinski definition) is 1. The maximum absolute atomic E-state index is 11.7. The van der Waals surface area contributed by atoms with Crippen molar-refractivity contribution in [1.29, 1.82) is 0 Å². The first-order chi connectivity index (χ1) is 9.01. The number of hydrogen-bond acceptors (Lipinski definition) is 4. The quantitative estimate of drug-likeness (QED) is 0.804. The van der Waals surface area contributed by atoms with Gasteiger partial charge in [-0.1, -0.05) is 26.0 Å². The van der Waals surface area contributed by atoms with E-state index in [0.29, 0.717) is 12.2 Å². The number of ether oxygens (including phenoxy) is 2. The molecular formula is C15H22O4. The van der Waals surface area contributed by atoms with Gasteiger partial charge in [-0.2, -0.15) is 0 Å². The highest BCUT2D eigenvalue weighted by atomic mass is 16.5. The highest BCUT2D eigenvalue weighted by molar-refractivity contribution is 5.73.